The van der Waals surface area contributed by atoms with Crippen LogP contribution in [0.5, 0.6) is 11.5 Å². The number of aryl methyl sites for hydroxylation is 1. The molecular weight excluding hydrogens is 518 g/mol. The van der Waals surface area contributed by atoms with Gasteiger partial charge in [-0.3, -0.25) is 9.59 Å². The number of para-hydroxylation sites is 1. The molecule has 0 saturated heterocycles. The van der Waals surface area contributed by atoms with E-state index in [1.807, 2.05) is 85.8 Å². The fourth-order valence-corrected chi connectivity index (χ4v) is 4.68. The zero-order valence-electron chi connectivity index (χ0n) is 23.2. The van der Waals surface area contributed by atoms with Crippen LogP contribution >= 0.6 is 0 Å². The number of carbonyl (C=O) groups excluding carboxylic acids is 2. The van der Waals surface area contributed by atoms with E-state index in [4.69, 9.17) is 9.47 Å². The van der Waals surface area contributed by atoms with Crippen LogP contribution in [0.2, 0.25) is 0 Å². The Hall–Kier alpha value is -5.18. The third-order valence-corrected chi connectivity index (χ3v) is 6.84. The van der Waals surface area contributed by atoms with E-state index in [0.717, 1.165) is 16.6 Å². The van der Waals surface area contributed by atoms with Gasteiger partial charge in [-0.25, -0.2) is 4.68 Å². The van der Waals surface area contributed by atoms with Gasteiger partial charge >= 0.3 is 0 Å². The minimum absolute atomic E-state index is 0.0884. The monoisotopic (exact) mass is 549 g/mol. The Morgan fingerprint density at radius 1 is 0.902 bits per heavy atom. The molecule has 0 radical (unpaired) electrons. The first kappa shape index (κ1) is 27.4. The van der Waals surface area contributed by atoms with E-state index in [2.05, 4.69) is 15.6 Å². The summed E-state index contributed by atoms with van der Waals surface area (Å²) in [5.74, 6) is 0.364. The largest absolute Gasteiger partial charge is 0.497 e. The van der Waals surface area contributed by atoms with Crippen molar-refractivity contribution in [1.82, 2.24) is 19.9 Å². The van der Waals surface area contributed by atoms with Crippen LogP contribution in [0.15, 0.2) is 97.1 Å². The average Bonchev–Trinajstić information content (AvgIpc) is 3.41. The maximum atomic E-state index is 14.1. The van der Waals surface area contributed by atoms with Crippen LogP contribution in [0.4, 0.5) is 5.69 Å². The number of amides is 2. The SMILES string of the molecule is COc1ccc(NC(=O)[C@@H](c2ccc(C)cc2)N(Cc2ccccc2)C(=O)Cn2nnc3ccccc32)c(OC)c1. The lowest BCUT2D eigenvalue weighted by Crippen LogP contribution is -2.42. The number of anilines is 1. The fourth-order valence-electron chi connectivity index (χ4n) is 4.68. The number of benzene rings is 4. The predicted molar refractivity (Wildman–Crippen MR) is 157 cm³/mol. The number of nitrogens with one attached hydrogen (secondary N) is 1. The number of fused-ring (bicyclic) bond motifs is 1. The Morgan fingerprint density at radius 3 is 2.37 bits per heavy atom. The smallest absolute Gasteiger partial charge is 0.251 e. The Bertz CT molecular complexity index is 1650. The summed E-state index contributed by atoms with van der Waals surface area (Å²) in [6.45, 7) is 2.09. The van der Waals surface area contributed by atoms with Crippen molar-refractivity contribution in [2.45, 2.75) is 26.1 Å². The van der Waals surface area contributed by atoms with Crippen LogP contribution in [-0.4, -0.2) is 45.9 Å². The molecule has 9 nitrogen and oxygen atoms in total. The first-order valence-electron chi connectivity index (χ1n) is 13.2. The molecule has 0 unspecified atom stereocenters. The minimum Gasteiger partial charge on any atom is -0.497 e. The summed E-state index contributed by atoms with van der Waals surface area (Å²) in [7, 11) is 3.08. The molecule has 0 bridgehead atoms. The van der Waals surface area contributed by atoms with Gasteiger partial charge in [0, 0.05) is 12.6 Å². The number of nitrogens with zero attached hydrogens (tertiary/aromatic N) is 4. The van der Waals surface area contributed by atoms with E-state index >= 15 is 0 Å². The molecule has 0 saturated carbocycles. The van der Waals surface area contributed by atoms with Crippen molar-refractivity contribution in [2.24, 2.45) is 0 Å². The summed E-state index contributed by atoms with van der Waals surface area (Å²) in [5, 5.41) is 11.4. The summed E-state index contributed by atoms with van der Waals surface area (Å²) in [6, 6.07) is 28.9. The van der Waals surface area contributed by atoms with Gasteiger partial charge in [0.1, 0.15) is 29.6 Å². The molecule has 0 aliphatic heterocycles. The normalized spacial score (nSPS) is 11.6. The fraction of sp³-hybridized carbons (Fsp3) is 0.188. The molecule has 4 aromatic carbocycles. The summed E-state index contributed by atoms with van der Waals surface area (Å²) < 4.78 is 12.4. The standard InChI is InChI=1S/C32H31N5O4/c1-22-13-15-24(16-14-22)31(32(39)33-27-18-17-25(40-2)19-29(27)41-3)36(20-23-9-5-4-6-10-23)30(38)21-37-28-12-8-7-11-26(28)34-35-37/h4-19,31H,20-21H2,1-3H3,(H,33,39)/t31-/m1/s1. The highest BCUT2D eigenvalue weighted by Crippen LogP contribution is 2.32. The maximum Gasteiger partial charge on any atom is 0.251 e. The molecule has 1 heterocycles. The molecule has 2 amide bonds. The molecule has 9 heteroatoms. The van der Waals surface area contributed by atoms with Crippen LogP contribution in [-0.2, 0) is 22.7 Å². The molecule has 1 N–H and O–H groups in total. The van der Waals surface area contributed by atoms with Gasteiger partial charge in [-0.05, 0) is 42.3 Å². The summed E-state index contributed by atoms with van der Waals surface area (Å²) in [6.07, 6.45) is 0. The second-order valence-corrected chi connectivity index (χ2v) is 9.61. The molecule has 0 aliphatic rings. The van der Waals surface area contributed by atoms with Gasteiger partial charge in [0.2, 0.25) is 5.91 Å². The summed E-state index contributed by atoms with van der Waals surface area (Å²) in [4.78, 5) is 29.9. The zero-order valence-corrected chi connectivity index (χ0v) is 23.2. The summed E-state index contributed by atoms with van der Waals surface area (Å²) in [5.41, 5.74) is 4.49. The Kier molecular flexibility index (Phi) is 8.24. The van der Waals surface area contributed by atoms with Crippen molar-refractivity contribution in [1.29, 1.82) is 0 Å². The molecule has 5 aromatic rings. The number of rotatable bonds is 10. The maximum absolute atomic E-state index is 14.1. The van der Waals surface area contributed by atoms with Crippen LogP contribution in [0, 0.1) is 6.92 Å². The second-order valence-electron chi connectivity index (χ2n) is 9.61. The number of hydrogen-bond acceptors (Lipinski definition) is 6. The molecule has 0 fully saturated rings. The Morgan fingerprint density at radius 2 is 1.63 bits per heavy atom. The first-order chi connectivity index (χ1) is 20.0. The molecule has 1 aromatic heterocycles. The van der Waals surface area contributed by atoms with Gasteiger partial charge < -0.3 is 19.7 Å². The van der Waals surface area contributed by atoms with Crippen molar-refractivity contribution in [2.75, 3.05) is 19.5 Å². The molecule has 5 rings (SSSR count). The lowest BCUT2D eigenvalue weighted by Gasteiger charge is -2.32. The molecule has 1 atom stereocenters. The molecule has 208 valence electrons. The summed E-state index contributed by atoms with van der Waals surface area (Å²) >= 11 is 0. The number of ether oxygens (including phenoxy) is 2. The number of methoxy groups -OCH3 is 2. The van der Waals surface area contributed by atoms with Crippen molar-refractivity contribution >= 4 is 28.5 Å². The third-order valence-electron chi connectivity index (χ3n) is 6.84. The molecule has 0 spiro atoms. The average molecular weight is 550 g/mol. The minimum atomic E-state index is -0.954. The Balaban J connectivity index is 1.55. The molecular formula is C32H31N5O4. The quantitative estimate of drug-likeness (QED) is 0.258. The van der Waals surface area contributed by atoms with Crippen LogP contribution in [0.1, 0.15) is 22.7 Å². The lowest BCUT2D eigenvalue weighted by atomic mass is 10.0. The van der Waals surface area contributed by atoms with Crippen LogP contribution in [0.25, 0.3) is 11.0 Å². The Labute approximate surface area is 238 Å². The molecule has 41 heavy (non-hydrogen) atoms. The van der Waals surface area contributed by atoms with E-state index in [1.54, 1.807) is 34.9 Å². The highest BCUT2D eigenvalue weighted by atomic mass is 16.5. The zero-order chi connectivity index (χ0) is 28.8. The van der Waals surface area contributed by atoms with Gasteiger partial charge in [-0.2, -0.15) is 0 Å². The number of aromatic nitrogens is 3. The lowest BCUT2D eigenvalue weighted by molar-refractivity contribution is -0.140. The predicted octanol–water partition coefficient (Wildman–Crippen LogP) is 5.17. The highest BCUT2D eigenvalue weighted by Gasteiger charge is 2.32. The number of hydrogen-bond donors (Lipinski definition) is 1. The second kappa shape index (κ2) is 12.3. The molecule has 0 aliphatic carbocycles. The first-order valence-corrected chi connectivity index (χ1v) is 13.2. The van der Waals surface area contributed by atoms with E-state index in [0.29, 0.717) is 28.3 Å². The van der Waals surface area contributed by atoms with E-state index in [-0.39, 0.29) is 24.9 Å². The van der Waals surface area contributed by atoms with Crippen molar-refractivity contribution < 1.29 is 19.1 Å². The highest BCUT2D eigenvalue weighted by molar-refractivity contribution is 5.99. The third kappa shape index (κ3) is 6.19. The van der Waals surface area contributed by atoms with Gasteiger partial charge in [-0.1, -0.05) is 77.5 Å². The van der Waals surface area contributed by atoms with Gasteiger partial charge in [0.15, 0.2) is 0 Å². The van der Waals surface area contributed by atoms with Gasteiger partial charge in [0.05, 0.1) is 25.4 Å². The van der Waals surface area contributed by atoms with Crippen molar-refractivity contribution in [3.63, 3.8) is 0 Å². The number of carbonyl (C=O) groups is 2. The van der Waals surface area contributed by atoms with E-state index in [1.165, 1.54) is 7.11 Å². The van der Waals surface area contributed by atoms with Crippen molar-refractivity contribution in [3.8, 4) is 11.5 Å². The van der Waals surface area contributed by atoms with Crippen molar-refractivity contribution in [3.05, 3.63) is 114 Å². The van der Waals surface area contributed by atoms with Gasteiger partial charge in [-0.15, -0.1) is 5.10 Å². The van der Waals surface area contributed by atoms with Crippen LogP contribution < -0.4 is 14.8 Å². The van der Waals surface area contributed by atoms with Crippen LogP contribution in [0.3, 0.4) is 0 Å². The van der Waals surface area contributed by atoms with Gasteiger partial charge in [0.25, 0.3) is 5.91 Å². The van der Waals surface area contributed by atoms with E-state index in [9.17, 15) is 9.59 Å². The van der Waals surface area contributed by atoms with E-state index < -0.39 is 6.04 Å². The topological polar surface area (TPSA) is 98.6 Å².